The Balaban J connectivity index is 4.04. The van der Waals surface area contributed by atoms with E-state index in [0.29, 0.717) is 0 Å². The molecule has 0 fully saturated rings. The van der Waals surface area contributed by atoms with Gasteiger partial charge >= 0.3 is 0 Å². The molecule has 0 heterocycles. The Labute approximate surface area is 49.8 Å². The van der Waals surface area contributed by atoms with E-state index in [0.717, 1.165) is 0 Å². The monoisotopic (exact) mass is 104 g/mol. The molecule has 0 aliphatic heterocycles. The lowest BCUT2D eigenvalue weighted by atomic mass is 10.5. The van der Waals surface area contributed by atoms with Crippen LogP contribution < -0.4 is 0 Å². The summed E-state index contributed by atoms with van der Waals surface area (Å²) in [5, 5.41) is 0. The van der Waals surface area contributed by atoms with Gasteiger partial charge in [0.25, 0.3) is 0 Å². The molecule has 0 N–H and O–H groups in total. The molecule has 0 heteroatoms. The summed E-state index contributed by atoms with van der Waals surface area (Å²) < 4.78 is 0. The fourth-order valence-corrected chi connectivity index (χ4v) is 0.237. The fraction of sp³-hybridized carbons (Fsp3) is 0.125. The first kappa shape index (κ1) is 6.82. The quantitative estimate of drug-likeness (QED) is 0.353. The van der Waals surface area contributed by atoms with Gasteiger partial charge in [-0.05, 0) is 25.3 Å². The highest BCUT2D eigenvalue weighted by Crippen LogP contribution is 1.68. The third-order valence-corrected chi connectivity index (χ3v) is 0.533. The van der Waals surface area contributed by atoms with Crippen LogP contribution in [0.15, 0.2) is 42.0 Å². The number of rotatable bonds is 1. The molecule has 0 saturated heterocycles. The van der Waals surface area contributed by atoms with Gasteiger partial charge in [-0.1, -0.05) is 23.6 Å². The van der Waals surface area contributed by atoms with E-state index in [1.54, 1.807) is 6.08 Å². The third kappa shape index (κ3) is 4.82. The van der Waals surface area contributed by atoms with Crippen LogP contribution in [0.25, 0.3) is 0 Å². The lowest BCUT2D eigenvalue weighted by Gasteiger charge is -1.57. The van der Waals surface area contributed by atoms with Crippen molar-refractivity contribution in [2.75, 3.05) is 0 Å². The molecule has 40 valence electrons. The maximum Gasteiger partial charge on any atom is -0.0112 e. The topological polar surface area (TPSA) is 0 Å². The Bertz CT molecular complexity index is 178. The average Bonchev–Trinajstić information content (AvgIpc) is 1.81. The van der Waals surface area contributed by atoms with Crippen molar-refractivity contribution >= 4 is 0 Å². The van der Waals surface area contributed by atoms with Gasteiger partial charge in [-0.15, -0.1) is 0 Å². The maximum atomic E-state index is 3.32. The molecule has 0 aromatic rings. The van der Waals surface area contributed by atoms with E-state index in [1.165, 1.54) is 0 Å². The Kier molecular flexibility index (Phi) is 4.96. The lowest BCUT2D eigenvalue weighted by molar-refractivity contribution is 1.74. The number of hydrogen-bond acceptors (Lipinski definition) is 0. The summed E-state index contributed by atoms with van der Waals surface area (Å²) in [7, 11) is 0. The molecule has 0 aromatic carbocycles. The molecule has 8 heavy (non-hydrogen) atoms. The second-order valence-electron chi connectivity index (χ2n) is 1.14. The molecule has 0 spiro atoms. The second kappa shape index (κ2) is 5.82. The van der Waals surface area contributed by atoms with E-state index >= 15 is 0 Å². The minimum Gasteiger partial charge on any atom is -0.0870 e. The van der Waals surface area contributed by atoms with Crippen LogP contribution in [-0.2, 0) is 0 Å². The largest absolute Gasteiger partial charge is 0.0870 e. The standard InChI is InChI=1S/C8H8/c1-3-5-7-8-6-4-2/h4,6,8H,1H2,2H3. The molecular formula is C8H8. The van der Waals surface area contributed by atoms with Gasteiger partial charge in [0.15, 0.2) is 0 Å². The van der Waals surface area contributed by atoms with E-state index in [2.05, 4.69) is 23.8 Å². The molecule has 0 bridgehead atoms. The molecule has 0 rings (SSSR count). The molecule has 0 aromatic heterocycles. The van der Waals surface area contributed by atoms with Crippen molar-refractivity contribution in [3.05, 3.63) is 42.0 Å². The number of allylic oxidation sites excluding steroid dienone is 3. The van der Waals surface area contributed by atoms with Crippen molar-refractivity contribution in [2.24, 2.45) is 0 Å². The van der Waals surface area contributed by atoms with Gasteiger partial charge in [-0.2, -0.15) is 0 Å². The highest BCUT2D eigenvalue weighted by Gasteiger charge is 1.48. The van der Waals surface area contributed by atoms with Gasteiger partial charge in [0, 0.05) is 0 Å². The van der Waals surface area contributed by atoms with Crippen molar-refractivity contribution in [1.82, 2.24) is 0 Å². The average molecular weight is 104 g/mol. The van der Waals surface area contributed by atoms with E-state index in [9.17, 15) is 0 Å². The normalized spacial score (nSPS) is 7.12. The molecule has 0 aliphatic carbocycles. The first-order valence-electron chi connectivity index (χ1n) is 2.39. The first-order chi connectivity index (χ1) is 3.91. The Morgan fingerprint density at radius 3 is 2.75 bits per heavy atom. The summed E-state index contributed by atoms with van der Waals surface area (Å²) in [6.07, 6.45) is 5.53. The van der Waals surface area contributed by atoms with Gasteiger partial charge in [-0.25, -0.2) is 0 Å². The predicted octanol–water partition coefficient (Wildman–Crippen LogP) is 2.21. The molecule has 0 aliphatic rings. The predicted molar refractivity (Wildman–Crippen MR) is 35.5 cm³/mol. The zero-order valence-corrected chi connectivity index (χ0v) is 4.94. The summed E-state index contributed by atoms with van der Waals surface area (Å²) in [6, 6.07) is 0. The van der Waals surface area contributed by atoms with Gasteiger partial charge in [0.2, 0.25) is 0 Å². The van der Waals surface area contributed by atoms with Crippen LogP contribution in [0, 0.1) is 0 Å². The zero-order chi connectivity index (χ0) is 6.24. The molecule has 0 atom stereocenters. The van der Waals surface area contributed by atoms with Gasteiger partial charge in [-0.3, -0.25) is 0 Å². The second-order valence-corrected chi connectivity index (χ2v) is 1.14. The van der Waals surface area contributed by atoms with E-state index in [-0.39, 0.29) is 0 Å². The molecular weight excluding hydrogens is 96.1 g/mol. The Hall–Kier alpha value is -1.18. The summed E-state index contributed by atoms with van der Waals surface area (Å²) >= 11 is 0. The van der Waals surface area contributed by atoms with Crippen LogP contribution in [0.3, 0.4) is 0 Å². The van der Waals surface area contributed by atoms with Crippen LogP contribution in [0.2, 0.25) is 0 Å². The van der Waals surface area contributed by atoms with Crippen molar-refractivity contribution < 1.29 is 0 Å². The van der Waals surface area contributed by atoms with Gasteiger partial charge < -0.3 is 0 Å². The van der Waals surface area contributed by atoms with E-state index < -0.39 is 0 Å². The minimum atomic E-state index is 1.75. The molecule has 0 radical (unpaired) electrons. The fourth-order valence-electron chi connectivity index (χ4n) is 0.237. The summed E-state index contributed by atoms with van der Waals surface area (Å²) in [6.45, 7) is 5.26. The van der Waals surface area contributed by atoms with Gasteiger partial charge in [0.05, 0.1) is 0 Å². The summed E-state index contributed by atoms with van der Waals surface area (Å²) in [5.74, 6) is 0. The number of hydrogen-bond donors (Lipinski definition) is 0. The van der Waals surface area contributed by atoms with Crippen molar-refractivity contribution in [1.29, 1.82) is 0 Å². The zero-order valence-electron chi connectivity index (χ0n) is 4.94. The van der Waals surface area contributed by atoms with Crippen LogP contribution in [-0.4, -0.2) is 0 Å². The van der Waals surface area contributed by atoms with Crippen LogP contribution in [0.1, 0.15) is 6.92 Å². The SMILES string of the molecule is C=C=C=C=CC=CC. The first-order valence-corrected chi connectivity index (χ1v) is 2.39. The lowest BCUT2D eigenvalue weighted by Crippen LogP contribution is -1.37. The Morgan fingerprint density at radius 1 is 1.50 bits per heavy atom. The van der Waals surface area contributed by atoms with Crippen molar-refractivity contribution in [3.8, 4) is 0 Å². The molecule has 0 unspecified atom stereocenters. The highest BCUT2D eigenvalue weighted by atomic mass is 13.5. The summed E-state index contributed by atoms with van der Waals surface area (Å²) in [5.41, 5.74) is 7.72. The summed E-state index contributed by atoms with van der Waals surface area (Å²) in [4.78, 5) is 0. The smallest absolute Gasteiger partial charge is 0.0112 e. The van der Waals surface area contributed by atoms with Crippen LogP contribution >= 0.6 is 0 Å². The minimum absolute atomic E-state index is 1.75. The maximum absolute atomic E-state index is 3.32. The van der Waals surface area contributed by atoms with Crippen molar-refractivity contribution in [2.45, 2.75) is 6.92 Å². The molecule has 0 saturated carbocycles. The van der Waals surface area contributed by atoms with Crippen LogP contribution in [0.5, 0.6) is 0 Å². The molecule has 0 nitrogen and oxygen atoms in total. The van der Waals surface area contributed by atoms with Crippen molar-refractivity contribution in [3.63, 3.8) is 0 Å². The highest BCUT2D eigenvalue weighted by molar-refractivity contribution is 5.00. The van der Waals surface area contributed by atoms with E-state index in [1.807, 2.05) is 19.1 Å². The molecule has 0 amide bonds. The third-order valence-electron chi connectivity index (χ3n) is 0.533. The van der Waals surface area contributed by atoms with Gasteiger partial charge in [0.1, 0.15) is 0 Å². The van der Waals surface area contributed by atoms with Crippen LogP contribution in [0.4, 0.5) is 0 Å². The van der Waals surface area contributed by atoms with E-state index in [4.69, 9.17) is 0 Å². The Morgan fingerprint density at radius 2 is 2.25 bits per heavy atom.